The molecule has 2 aromatic rings. The van der Waals surface area contributed by atoms with E-state index in [2.05, 4.69) is 62.2 Å². The van der Waals surface area contributed by atoms with Crippen LogP contribution in [0.2, 0.25) is 0 Å². The molecule has 2 aromatic carbocycles. The SMILES string of the molecule is C=C/C(=C\C)c1ccc(CCC(C)(C)N(Cc2ccc(CC)c(F)c2)C(=C)C)cc1. The van der Waals surface area contributed by atoms with Crippen LogP contribution in [0.1, 0.15) is 63.3 Å². The van der Waals surface area contributed by atoms with Gasteiger partial charge in [-0.1, -0.05) is 68.6 Å². The predicted octanol–water partition coefficient (Wildman–Crippen LogP) is 7.72. The molecule has 1 nitrogen and oxygen atoms in total. The second kappa shape index (κ2) is 10.4. The van der Waals surface area contributed by atoms with Crippen molar-refractivity contribution in [3.63, 3.8) is 0 Å². The lowest BCUT2D eigenvalue weighted by Gasteiger charge is -2.41. The lowest BCUT2D eigenvalue weighted by atomic mass is 9.91. The zero-order valence-electron chi connectivity index (χ0n) is 19.3. The summed E-state index contributed by atoms with van der Waals surface area (Å²) in [4.78, 5) is 2.29. The number of hydrogen-bond donors (Lipinski definition) is 0. The van der Waals surface area contributed by atoms with Crippen molar-refractivity contribution in [1.82, 2.24) is 4.90 Å². The highest BCUT2D eigenvalue weighted by atomic mass is 19.1. The first-order valence-corrected chi connectivity index (χ1v) is 10.8. The molecule has 30 heavy (non-hydrogen) atoms. The third-order valence-electron chi connectivity index (χ3n) is 5.87. The summed E-state index contributed by atoms with van der Waals surface area (Å²) in [6.45, 7) is 19.2. The molecular formula is C28H36FN. The maximum Gasteiger partial charge on any atom is 0.126 e. The van der Waals surface area contributed by atoms with Gasteiger partial charge in [0.05, 0.1) is 0 Å². The molecule has 0 fully saturated rings. The van der Waals surface area contributed by atoms with E-state index in [0.29, 0.717) is 13.0 Å². The number of hydrogen-bond acceptors (Lipinski definition) is 1. The molecular weight excluding hydrogens is 369 g/mol. The highest BCUT2D eigenvalue weighted by Gasteiger charge is 2.26. The van der Waals surface area contributed by atoms with Crippen LogP contribution in [0.3, 0.4) is 0 Å². The summed E-state index contributed by atoms with van der Waals surface area (Å²) in [6, 6.07) is 14.3. The first kappa shape index (κ1) is 23.7. The summed E-state index contributed by atoms with van der Waals surface area (Å²) < 4.78 is 14.3. The van der Waals surface area contributed by atoms with Gasteiger partial charge in [-0.25, -0.2) is 4.39 Å². The Morgan fingerprint density at radius 1 is 1.10 bits per heavy atom. The summed E-state index contributed by atoms with van der Waals surface area (Å²) in [7, 11) is 0. The van der Waals surface area contributed by atoms with Gasteiger partial charge in [-0.2, -0.15) is 0 Å². The van der Waals surface area contributed by atoms with Gasteiger partial charge in [0.1, 0.15) is 5.82 Å². The molecule has 0 unspecified atom stereocenters. The quantitative estimate of drug-likeness (QED) is 0.366. The molecule has 0 saturated carbocycles. The van der Waals surface area contributed by atoms with Gasteiger partial charge in [0.15, 0.2) is 0 Å². The van der Waals surface area contributed by atoms with Crippen LogP contribution in [0.25, 0.3) is 5.57 Å². The van der Waals surface area contributed by atoms with Crippen molar-refractivity contribution in [3.8, 4) is 0 Å². The van der Waals surface area contributed by atoms with E-state index in [9.17, 15) is 4.39 Å². The molecule has 0 aliphatic rings. The third-order valence-corrected chi connectivity index (χ3v) is 5.87. The van der Waals surface area contributed by atoms with Gasteiger partial charge in [0.2, 0.25) is 0 Å². The van der Waals surface area contributed by atoms with Gasteiger partial charge in [-0.05, 0) is 80.9 Å². The maximum absolute atomic E-state index is 14.3. The van der Waals surface area contributed by atoms with Crippen LogP contribution in [0.4, 0.5) is 4.39 Å². The molecule has 0 bridgehead atoms. The van der Waals surface area contributed by atoms with Crippen molar-refractivity contribution in [2.75, 3.05) is 0 Å². The number of benzene rings is 2. The standard InChI is InChI=1S/C28H36FN/c1-8-24(9-2)26-15-11-22(12-16-26)17-18-28(6,7)30(21(4)5)20-23-13-14-25(10-3)27(29)19-23/h8-9,11-16,19H,1,4,10,17-18,20H2,2-3,5-7H3/b24-9+. The summed E-state index contributed by atoms with van der Waals surface area (Å²) >= 11 is 0. The van der Waals surface area contributed by atoms with E-state index in [1.54, 1.807) is 6.07 Å². The van der Waals surface area contributed by atoms with Crippen LogP contribution in [-0.2, 0) is 19.4 Å². The molecule has 0 N–H and O–H groups in total. The number of allylic oxidation sites excluding steroid dienone is 4. The van der Waals surface area contributed by atoms with Crippen LogP contribution < -0.4 is 0 Å². The van der Waals surface area contributed by atoms with E-state index in [4.69, 9.17) is 0 Å². The van der Waals surface area contributed by atoms with Crippen LogP contribution in [0.5, 0.6) is 0 Å². The molecule has 0 radical (unpaired) electrons. The van der Waals surface area contributed by atoms with Crippen molar-refractivity contribution in [2.45, 2.75) is 66.0 Å². The molecule has 0 saturated heterocycles. The molecule has 0 spiro atoms. The van der Waals surface area contributed by atoms with Gasteiger partial charge in [-0.15, -0.1) is 0 Å². The molecule has 0 atom stereocenters. The maximum atomic E-state index is 14.3. The van der Waals surface area contributed by atoms with Crippen LogP contribution in [-0.4, -0.2) is 10.4 Å². The average Bonchev–Trinajstić information content (AvgIpc) is 2.72. The monoisotopic (exact) mass is 405 g/mol. The molecule has 160 valence electrons. The topological polar surface area (TPSA) is 3.24 Å². The Morgan fingerprint density at radius 3 is 2.23 bits per heavy atom. The fraction of sp³-hybridized carbons (Fsp3) is 0.357. The summed E-state index contributed by atoms with van der Waals surface area (Å²) in [5, 5.41) is 0. The first-order chi connectivity index (χ1) is 14.2. The van der Waals surface area contributed by atoms with Gasteiger partial charge >= 0.3 is 0 Å². The zero-order chi connectivity index (χ0) is 22.3. The molecule has 0 heterocycles. The number of rotatable bonds is 10. The highest BCUT2D eigenvalue weighted by molar-refractivity contribution is 5.73. The van der Waals surface area contributed by atoms with Crippen LogP contribution in [0, 0.1) is 5.82 Å². The Kier molecular flexibility index (Phi) is 8.23. The molecule has 0 aliphatic carbocycles. The summed E-state index contributed by atoms with van der Waals surface area (Å²) in [5.74, 6) is -0.116. The molecule has 0 aliphatic heterocycles. The largest absolute Gasteiger partial charge is 0.366 e. The number of halogens is 1. The molecule has 2 heteroatoms. The Morgan fingerprint density at radius 2 is 1.73 bits per heavy atom. The van der Waals surface area contributed by atoms with Crippen molar-refractivity contribution in [2.24, 2.45) is 0 Å². The van der Waals surface area contributed by atoms with E-state index in [1.165, 1.54) is 11.1 Å². The third kappa shape index (κ3) is 5.95. The van der Waals surface area contributed by atoms with E-state index in [1.807, 2.05) is 39.0 Å². The Balaban J connectivity index is 2.11. The van der Waals surface area contributed by atoms with E-state index >= 15 is 0 Å². The predicted molar refractivity (Wildman–Crippen MR) is 129 cm³/mol. The number of nitrogens with zero attached hydrogens (tertiary/aromatic N) is 1. The summed E-state index contributed by atoms with van der Waals surface area (Å²) in [5.41, 5.74) is 6.30. The minimum Gasteiger partial charge on any atom is -0.366 e. The second-order valence-corrected chi connectivity index (χ2v) is 8.56. The van der Waals surface area contributed by atoms with Crippen molar-refractivity contribution < 1.29 is 4.39 Å². The fourth-order valence-electron chi connectivity index (χ4n) is 3.88. The summed E-state index contributed by atoms with van der Waals surface area (Å²) in [6.07, 6.45) is 6.62. The Hall–Kier alpha value is -2.61. The lowest BCUT2D eigenvalue weighted by Crippen LogP contribution is -2.42. The van der Waals surface area contributed by atoms with Gasteiger partial charge in [-0.3, -0.25) is 0 Å². The second-order valence-electron chi connectivity index (χ2n) is 8.56. The lowest BCUT2D eigenvalue weighted by molar-refractivity contribution is 0.147. The van der Waals surface area contributed by atoms with Gasteiger partial charge in [0, 0.05) is 17.8 Å². The van der Waals surface area contributed by atoms with E-state index in [-0.39, 0.29) is 11.4 Å². The average molecular weight is 406 g/mol. The van der Waals surface area contributed by atoms with Crippen LogP contribution >= 0.6 is 0 Å². The Bertz CT molecular complexity index is 903. The normalized spacial score (nSPS) is 12.0. The first-order valence-electron chi connectivity index (χ1n) is 10.8. The fourth-order valence-corrected chi connectivity index (χ4v) is 3.88. The van der Waals surface area contributed by atoms with E-state index < -0.39 is 0 Å². The highest BCUT2D eigenvalue weighted by Crippen LogP contribution is 2.28. The van der Waals surface area contributed by atoms with Crippen molar-refractivity contribution in [1.29, 1.82) is 0 Å². The molecule has 0 amide bonds. The van der Waals surface area contributed by atoms with Crippen LogP contribution in [0.15, 0.2) is 73.5 Å². The van der Waals surface area contributed by atoms with Gasteiger partial charge < -0.3 is 4.90 Å². The van der Waals surface area contributed by atoms with Crippen molar-refractivity contribution >= 4 is 5.57 Å². The zero-order valence-corrected chi connectivity index (χ0v) is 19.3. The Labute approximate surface area is 182 Å². The molecule has 0 aromatic heterocycles. The minimum absolute atomic E-state index is 0.0972. The minimum atomic E-state index is -0.116. The van der Waals surface area contributed by atoms with Crippen molar-refractivity contribution in [3.05, 3.63) is 102 Å². The molecule has 2 rings (SSSR count). The van der Waals surface area contributed by atoms with E-state index in [0.717, 1.165) is 35.2 Å². The number of aryl methyl sites for hydroxylation is 2. The van der Waals surface area contributed by atoms with Gasteiger partial charge in [0.25, 0.3) is 0 Å². The smallest absolute Gasteiger partial charge is 0.126 e.